The number of ether oxygens (including phenoxy) is 1. The summed E-state index contributed by atoms with van der Waals surface area (Å²) in [6, 6.07) is 8.93. The SMILES string of the molecule is CCOC(=O)C1=C(C)N=c2s/c(=C\c3cnn(CC)c3C)c(=O)n2C1c1ccccc1. The fraction of sp³-hybridized carbons (Fsp3) is 0.304. The number of carbonyl (C=O) groups excluding carboxylic acids is 1. The Morgan fingerprint density at radius 2 is 1.97 bits per heavy atom. The van der Waals surface area contributed by atoms with Crippen molar-refractivity contribution in [2.24, 2.45) is 4.99 Å². The van der Waals surface area contributed by atoms with Crippen LogP contribution in [0.25, 0.3) is 6.08 Å². The van der Waals surface area contributed by atoms with Crippen LogP contribution in [0.4, 0.5) is 0 Å². The van der Waals surface area contributed by atoms with E-state index in [4.69, 9.17) is 4.74 Å². The third-order valence-electron chi connectivity index (χ3n) is 5.36. The maximum Gasteiger partial charge on any atom is 0.338 e. The topological polar surface area (TPSA) is 78.5 Å². The number of esters is 1. The third kappa shape index (κ3) is 3.67. The van der Waals surface area contributed by atoms with Crippen LogP contribution in [0.1, 0.15) is 43.6 Å². The van der Waals surface area contributed by atoms with Crippen LogP contribution in [0, 0.1) is 6.92 Å². The average Bonchev–Trinajstić information content (AvgIpc) is 3.27. The van der Waals surface area contributed by atoms with E-state index in [2.05, 4.69) is 10.1 Å². The van der Waals surface area contributed by atoms with Crippen LogP contribution in [0.5, 0.6) is 0 Å². The zero-order valence-electron chi connectivity index (χ0n) is 18.0. The fourth-order valence-corrected chi connectivity index (χ4v) is 4.84. The molecule has 1 aromatic carbocycles. The maximum atomic E-state index is 13.5. The lowest BCUT2D eigenvalue weighted by Crippen LogP contribution is -2.39. The summed E-state index contributed by atoms with van der Waals surface area (Å²) in [6.45, 7) is 8.57. The Hall–Kier alpha value is -3.26. The second kappa shape index (κ2) is 8.47. The van der Waals surface area contributed by atoms with Gasteiger partial charge in [-0.1, -0.05) is 41.7 Å². The van der Waals surface area contributed by atoms with Gasteiger partial charge in [-0.05, 0) is 39.3 Å². The molecule has 0 aliphatic carbocycles. The Morgan fingerprint density at radius 1 is 1.23 bits per heavy atom. The molecular weight excluding hydrogens is 412 g/mol. The number of aromatic nitrogens is 3. The molecule has 0 fully saturated rings. The Morgan fingerprint density at radius 3 is 2.61 bits per heavy atom. The molecule has 0 N–H and O–H groups in total. The molecule has 0 saturated heterocycles. The molecule has 3 heterocycles. The van der Waals surface area contributed by atoms with Crippen LogP contribution in [0.15, 0.2) is 57.6 Å². The van der Waals surface area contributed by atoms with Gasteiger partial charge in [0.2, 0.25) is 0 Å². The highest BCUT2D eigenvalue weighted by Crippen LogP contribution is 2.30. The monoisotopic (exact) mass is 436 g/mol. The molecule has 0 saturated carbocycles. The van der Waals surface area contributed by atoms with Crippen molar-refractivity contribution in [3.8, 4) is 0 Å². The van der Waals surface area contributed by atoms with Gasteiger partial charge in [-0.2, -0.15) is 5.10 Å². The van der Waals surface area contributed by atoms with Crippen LogP contribution < -0.4 is 14.9 Å². The van der Waals surface area contributed by atoms with Gasteiger partial charge in [0.15, 0.2) is 4.80 Å². The second-order valence-corrected chi connectivity index (χ2v) is 8.22. The number of carbonyl (C=O) groups is 1. The van der Waals surface area contributed by atoms with Gasteiger partial charge in [0.1, 0.15) is 0 Å². The minimum atomic E-state index is -0.585. The number of hydrogen-bond donors (Lipinski definition) is 0. The van der Waals surface area contributed by atoms with Crippen molar-refractivity contribution in [2.45, 2.75) is 40.3 Å². The van der Waals surface area contributed by atoms with Gasteiger partial charge in [0.05, 0.1) is 34.6 Å². The predicted molar refractivity (Wildman–Crippen MR) is 119 cm³/mol. The van der Waals surface area contributed by atoms with Gasteiger partial charge >= 0.3 is 5.97 Å². The number of benzene rings is 1. The van der Waals surface area contributed by atoms with Crippen molar-refractivity contribution < 1.29 is 9.53 Å². The van der Waals surface area contributed by atoms with Gasteiger partial charge in [-0.15, -0.1) is 0 Å². The van der Waals surface area contributed by atoms with Crippen LogP contribution in [0.2, 0.25) is 0 Å². The maximum absolute atomic E-state index is 13.5. The average molecular weight is 437 g/mol. The smallest absolute Gasteiger partial charge is 0.338 e. The highest BCUT2D eigenvalue weighted by molar-refractivity contribution is 7.07. The molecule has 8 heteroatoms. The lowest BCUT2D eigenvalue weighted by Gasteiger charge is -2.24. The van der Waals surface area contributed by atoms with Crippen molar-refractivity contribution in [1.82, 2.24) is 14.3 Å². The number of hydrogen-bond acceptors (Lipinski definition) is 6. The van der Waals surface area contributed by atoms with Crippen molar-refractivity contribution in [3.05, 3.63) is 84.3 Å². The molecule has 0 bridgehead atoms. The first kappa shape index (κ1) is 21.0. The lowest BCUT2D eigenvalue weighted by atomic mass is 9.96. The van der Waals surface area contributed by atoms with E-state index < -0.39 is 12.0 Å². The summed E-state index contributed by atoms with van der Waals surface area (Å²) in [7, 11) is 0. The quantitative estimate of drug-likeness (QED) is 0.575. The molecule has 0 amide bonds. The minimum Gasteiger partial charge on any atom is -0.463 e. The van der Waals surface area contributed by atoms with E-state index in [0.717, 1.165) is 23.4 Å². The second-order valence-electron chi connectivity index (χ2n) is 7.21. The molecule has 7 nitrogen and oxygen atoms in total. The molecule has 1 atom stereocenters. The van der Waals surface area contributed by atoms with E-state index in [-0.39, 0.29) is 12.2 Å². The minimum absolute atomic E-state index is 0.185. The summed E-state index contributed by atoms with van der Waals surface area (Å²) in [5.41, 5.74) is 3.50. The standard InChI is InChI=1S/C23H24N4O3S/c1-5-26-15(4)17(13-24-26)12-18-21(28)27-20(16-10-8-7-9-11-16)19(22(29)30-6-2)14(3)25-23(27)31-18/h7-13,20H,5-6H2,1-4H3/b18-12-. The van der Waals surface area contributed by atoms with Crippen LogP contribution in [0.3, 0.4) is 0 Å². The highest BCUT2D eigenvalue weighted by Gasteiger charge is 2.33. The van der Waals surface area contributed by atoms with Crippen molar-refractivity contribution in [1.29, 1.82) is 0 Å². The number of fused-ring (bicyclic) bond motifs is 1. The van der Waals surface area contributed by atoms with Crippen molar-refractivity contribution in [2.75, 3.05) is 6.61 Å². The van der Waals surface area contributed by atoms with E-state index in [1.165, 1.54) is 11.3 Å². The van der Waals surface area contributed by atoms with Crippen LogP contribution in [-0.2, 0) is 16.1 Å². The number of rotatable bonds is 5. The van der Waals surface area contributed by atoms with Crippen LogP contribution >= 0.6 is 11.3 Å². The third-order valence-corrected chi connectivity index (χ3v) is 6.34. The molecule has 0 spiro atoms. The Labute approximate surface area is 183 Å². The van der Waals surface area contributed by atoms with Gasteiger partial charge in [0, 0.05) is 17.8 Å². The Bertz CT molecular complexity index is 1350. The molecule has 1 unspecified atom stereocenters. The van der Waals surface area contributed by atoms with E-state index in [1.54, 1.807) is 24.6 Å². The molecule has 4 rings (SSSR count). The molecular formula is C23H24N4O3S. The summed E-state index contributed by atoms with van der Waals surface area (Å²) >= 11 is 1.32. The first-order chi connectivity index (χ1) is 15.0. The number of aryl methyl sites for hydroxylation is 1. The van der Waals surface area contributed by atoms with Gasteiger partial charge < -0.3 is 4.74 Å². The van der Waals surface area contributed by atoms with E-state index in [0.29, 0.717) is 20.6 Å². The molecule has 1 aliphatic rings. The van der Waals surface area contributed by atoms with E-state index in [9.17, 15) is 9.59 Å². The highest BCUT2D eigenvalue weighted by atomic mass is 32.1. The molecule has 2 aromatic heterocycles. The van der Waals surface area contributed by atoms with Gasteiger partial charge in [-0.25, -0.2) is 9.79 Å². The van der Waals surface area contributed by atoms with E-state index in [1.807, 2.05) is 54.9 Å². The Balaban J connectivity index is 1.95. The lowest BCUT2D eigenvalue weighted by molar-refractivity contribution is -0.139. The predicted octanol–water partition coefficient (Wildman–Crippen LogP) is 2.32. The zero-order valence-corrected chi connectivity index (χ0v) is 18.8. The summed E-state index contributed by atoms with van der Waals surface area (Å²) in [6.07, 6.45) is 3.62. The zero-order chi connectivity index (χ0) is 22.1. The van der Waals surface area contributed by atoms with Gasteiger partial charge in [-0.3, -0.25) is 14.0 Å². The summed E-state index contributed by atoms with van der Waals surface area (Å²) in [5.74, 6) is -0.452. The first-order valence-corrected chi connectivity index (χ1v) is 11.0. The van der Waals surface area contributed by atoms with E-state index >= 15 is 0 Å². The van der Waals surface area contributed by atoms with Crippen LogP contribution in [-0.4, -0.2) is 26.9 Å². The number of thiazole rings is 1. The molecule has 160 valence electrons. The number of allylic oxidation sites excluding steroid dienone is 1. The molecule has 0 radical (unpaired) electrons. The molecule has 31 heavy (non-hydrogen) atoms. The molecule has 3 aromatic rings. The first-order valence-electron chi connectivity index (χ1n) is 10.2. The van der Waals surface area contributed by atoms with Crippen molar-refractivity contribution in [3.63, 3.8) is 0 Å². The summed E-state index contributed by atoms with van der Waals surface area (Å²) in [4.78, 5) is 31.5. The van der Waals surface area contributed by atoms with Gasteiger partial charge in [0.25, 0.3) is 5.56 Å². The Kier molecular flexibility index (Phi) is 5.73. The molecule has 1 aliphatic heterocycles. The fourth-order valence-electron chi connectivity index (χ4n) is 3.80. The summed E-state index contributed by atoms with van der Waals surface area (Å²) < 4.78 is 9.35. The largest absolute Gasteiger partial charge is 0.463 e. The van der Waals surface area contributed by atoms with Crippen molar-refractivity contribution >= 4 is 23.4 Å². The normalized spacial score (nSPS) is 16.3. The summed E-state index contributed by atoms with van der Waals surface area (Å²) in [5, 5.41) is 4.36. The number of nitrogens with zero attached hydrogens (tertiary/aromatic N) is 4.